The topological polar surface area (TPSA) is 100 Å². The van der Waals surface area contributed by atoms with E-state index in [-0.39, 0.29) is 6.10 Å². The van der Waals surface area contributed by atoms with Crippen LogP contribution in [0.2, 0.25) is 5.02 Å². The first-order valence-corrected chi connectivity index (χ1v) is 10.0. The van der Waals surface area contributed by atoms with Crippen LogP contribution in [-0.4, -0.2) is 22.6 Å². The van der Waals surface area contributed by atoms with Crippen molar-refractivity contribution in [2.75, 3.05) is 0 Å². The van der Waals surface area contributed by atoms with Gasteiger partial charge in [-0.1, -0.05) is 30.2 Å². The van der Waals surface area contributed by atoms with Crippen LogP contribution < -0.4 is 16.2 Å². The summed E-state index contributed by atoms with van der Waals surface area (Å²) in [6.45, 7) is 0. The first kappa shape index (κ1) is 19.3. The third kappa shape index (κ3) is 3.80. The number of nitrogens with two attached hydrogens (primary N) is 2. The Bertz CT molecular complexity index is 1080. The van der Waals surface area contributed by atoms with Crippen molar-refractivity contribution in [3.8, 4) is 16.9 Å². The molecule has 0 spiro atoms. The highest BCUT2D eigenvalue weighted by Crippen LogP contribution is 2.38. The molecule has 1 fully saturated rings. The number of rotatable bonds is 4. The third-order valence-corrected chi connectivity index (χ3v) is 5.72. The fourth-order valence-corrected chi connectivity index (χ4v) is 4.11. The van der Waals surface area contributed by atoms with Crippen LogP contribution in [0.1, 0.15) is 42.5 Å². The van der Waals surface area contributed by atoms with Gasteiger partial charge in [-0.3, -0.25) is 9.36 Å². The van der Waals surface area contributed by atoms with Gasteiger partial charge in [0, 0.05) is 28.8 Å². The molecule has 1 aromatic heterocycles. The SMILES string of the molecule is NC(=O)c1ccc(-c2cn(C(N)=O)c3cc(OC4CCCCC4)c(Cl)cc23)cc1. The van der Waals surface area contributed by atoms with Gasteiger partial charge in [-0.05, 0) is 49.4 Å². The molecule has 0 atom stereocenters. The van der Waals surface area contributed by atoms with Crippen molar-refractivity contribution in [1.82, 2.24) is 4.57 Å². The molecule has 2 aromatic carbocycles. The second kappa shape index (κ2) is 7.79. The number of carbonyl (C=O) groups is 2. The van der Waals surface area contributed by atoms with Crippen LogP contribution in [0.3, 0.4) is 0 Å². The predicted molar refractivity (Wildman–Crippen MR) is 113 cm³/mol. The Morgan fingerprint density at radius 1 is 1.03 bits per heavy atom. The number of fused-ring (bicyclic) bond motifs is 1. The molecule has 4 N–H and O–H groups in total. The number of nitrogens with zero attached hydrogens (tertiary/aromatic N) is 1. The Morgan fingerprint density at radius 2 is 1.72 bits per heavy atom. The van der Waals surface area contributed by atoms with E-state index in [1.165, 1.54) is 11.0 Å². The first-order chi connectivity index (χ1) is 13.9. The van der Waals surface area contributed by atoms with Gasteiger partial charge in [-0.2, -0.15) is 0 Å². The van der Waals surface area contributed by atoms with Crippen molar-refractivity contribution in [1.29, 1.82) is 0 Å². The number of aromatic nitrogens is 1. The lowest BCUT2D eigenvalue weighted by atomic mass is 9.98. The van der Waals surface area contributed by atoms with Crippen LogP contribution in [0.5, 0.6) is 5.75 Å². The summed E-state index contributed by atoms with van der Waals surface area (Å²) in [4.78, 5) is 23.4. The Morgan fingerprint density at radius 3 is 2.34 bits per heavy atom. The maximum absolute atomic E-state index is 12.0. The monoisotopic (exact) mass is 411 g/mol. The summed E-state index contributed by atoms with van der Waals surface area (Å²) in [6.07, 6.45) is 7.34. The fourth-order valence-electron chi connectivity index (χ4n) is 3.91. The normalized spacial score (nSPS) is 14.8. The number of hydrogen-bond acceptors (Lipinski definition) is 3. The number of primary amides is 2. The van der Waals surface area contributed by atoms with Crippen LogP contribution in [0.4, 0.5) is 4.79 Å². The van der Waals surface area contributed by atoms with Gasteiger partial charge in [-0.15, -0.1) is 0 Å². The van der Waals surface area contributed by atoms with Gasteiger partial charge in [0.1, 0.15) is 5.75 Å². The first-order valence-electron chi connectivity index (χ1n) is 9.65. The highest BCUT2D eigenvalue weighted by atomic mass is 35.5. The van der Waals surface area contributed by atoms with Crippen LogP contribution in [0.15, 0.2) is 42.6 Å². The fraction of sp³-hybridized carbons (Fsp3) is 0.273. The van der Waals surface area contributed by atoms with Gasteiger partial charge < -0.3 is 16.2 Å². The van der Waals surface area contributed by atoms with Crippen molar-refractivity contribution in [3.05, 3.63) is 53.2 Å². The second-order valence-corrected chi connectivity index (χ2v) is 7.78. The molecular weight excluding hydrogens is 390 g/mol. The number of hydrogen-bond donors (Lipinski definition) is 2. The van der Waals surface area contributed by atoms with Crippen molar-refractivity contribution in [3.63, 3.8) is 0 Å². The standard InChI is InChI=1S/C22H22ClN3O3/c23-18-10-16-17(13-6-8-14(9-7-13)21(24)27)12-26(22(25)28)19(16)11-20(18)29-15-4-2-1-3-5-15/h6-12,15H,1-5H2,(H2,24,27)(H2,25,28). The van der Waals surface area contributed by atoms with Crippen molar-refractivity contribution in [2.24, 2.45) is 11.5 Å². The molecule has 1 aliphatic rings. The molecule has 150 valence electrons. The van der Waals surface area contributed by atoms with Crippen molar-refractivity contribution >= 4 is 34.4 Å². The summed E-state index contributed by atoms with van der Waals surface area (Å²) >= 11 is 6.53. The highest BCUT2D eigenvalue weighted by Gasteiger charge is 2.20. The summed E-state index contributed by atoms with van der Waals surface area (Å²) in [5.41, 5.74) is 13.5. The van der Waals surface area contributed by atoms with E-state index in [9.17, 15) is 9.59 Å². The zero-order valence-electron chi connectivity index (χ0n) is 15.9. The Hall–Kier alpha value is -2.99. The van der Waals surface area contributed by atoms with Crippen molar-refractivity contribution in [2.45, 2.75) is 38.2 Å². The van der Waals surface area contributed by atoms with Crippen LogP contribution in [-0.2, 0) is 0 Å². The lowest BCUT2D eigenvalue weighted by Gasteiger charge is -2.23. The highest BCUT2D eigenvalue weighted by molar-refractivity contribution is 6.33. The predicted octanol–water partition coefficient (Wildman–Crippen LogP) is 4.70. The molecular formula is C22H22ClN3O3. The Kier molecular flexibility index (Phi) is 5.20. The molecule has 2 amide bonds. The molecule has 0 bridgehead atoms. The number of amides is 2. The second-order valence-electron chi connectivity index (χ2n) is 7.37. The molecule has 29 heavy (non-hydrogen) atoms. The molecule has 0 aliphatic heterocycles. The van der Waals surface area contributed by atoms with E-state index in [1.54, 1.807) is 42.6 Å². The maximum atomic E-state index is 12.0. The Labute approximate surface area is 173 Å². The molecule has 0 saturated heterocycles. The minimum absolute atomic E-state index is 0.136. The number of carbonyl (C=O) groups excluding carboxylic acids is 2. The minimum Gasteiger partial charge on any atom is -0.489 e. The minimum atomic E-state index is -0.596. The molecule has 6 nitrogen and oxygen atoms in total. The molecule has 1 saturated carbocycles. The van der Waals surface area contributed by atoms with Gasteiger partial charge in [0.2, 0.25) is 5.91 Å². The average Bonchev–Trinajstić information content (AvgIpc) is 3.07. The quantitative estimate of drug-likeness (QED) is 0.650. The third-order valence-electron chi connectivity index (χ3n) is 5.42. The van der Waals surface area contributed by atoms with E-state index in [4.69, 9.17) is 27.8 Å². The van der Waals surface area contributed by atoms with Crippen LogP contribution in [0, 0.1) is 0 Å². The van der Waals surface area contributed by atoms with E-state index in [0.29, 0.717) is 21.9 Å². The molecule has 0 unspecified atom stereocenters. The van der Waals surface area contributed by atoms with Crippen molar-refractivity contribution < 1.29 is 14.3 Å². The zero-order chi connectivity index (χ0) is 20.5. The lowest BCUT2D eigenvalue weighted by Crippen LogP contribution is -2.20. The molecule has 7 heteroatoms. The number of benzene rings is 2. The Balaban J connectivity index is 1.79. The summed E-state index contributed by atoms with van der Waals surface area (Å²) in [5, 5.41) is 1.26. The van der Waals surface area contributed by atoms with Crippen LogP contribution >= 0.6 is 11.6 Å². The summed E-state index contributed by atoms with van der Waals surface area (Å²) < 4.78 is 7.52. The molecule has 1 aliphatic carbocycles. The molecule has 1 heterocycles. The molecule has 4 rings (SSSR count). The van der Waals surface area contributed by atoms with E-state index in [1.807, 2.05) is 0 Å². The van der Waals surface area contributed by atoms with E-state index in [2.05, 4.69) is 0 Å². The van der Waals surface area contributed by atoms with Crippen LogP contribution in [0.25, 0.3) is 22.0 Å². The van der Waals surface area contributed by atoms with Gasteiger partial charge in [0.15, 0.2) is 0 Å². The molecule has 0 radical (unpaired) electrons. The molecule has 3 aromatic rings. The summed E-state index contributed by atoms with van der Waals surface area (Å²) in [5.74, 6) is 0.0611. The van der Waals surface area contributed by atoms with Gasteiger partial charge in [0.05, 0.1) is 16.6 Å². The van der Waals surface area contributed by atoms with E-state index >= 15 is 0 Å². The van der Waals surface area contributed by atoms with Gasteiger partial charge >= 0.3 is 6.03 Å². The van der Waals surface area contributed by atoms with E-state index < -0.39 is 11.9 Å². The number of ether oxygens (including phenoxy) is 1. The van der Waals surface area contributed by atoms with Gasteiger partial charge in [-0.25, -0.2) is 4.79 Å². The van der Waals surface area contributed by atoms with Gasteiger partial charge in [0.25, 0.3) is 0 Å². The largest absolute Gasteiger partial charge is 0.489 e. The smallest absolute Gasteiger partial charge is 0.323 e. The maximum Gasteiger partial charge on any atom is 0.323 e. The summed E-state index contributed by atoms with van der Waals surface area (Å²) in [7, 11) is 0. The lowest BCUT2D eigenvalue weighted by molar-refractivity contribution is 0.1000. The average molecular weight is 412 g/mol. The summed E-state index contributed by atoms with van der Waals surface area (Å²) in [6, 6.07) is 9.83. The van der Waals surface area contributed by atoms with E-state index in [0.717, 1.165) is 42.2 Å². The number of halogens is 1. The zero-order valence-corrected chi connectivity index (χ0v) is 16.6.